The number of hydrogen-bond donors (Lipinski definition) is 0. The Balaban J connectivity index is 1.68. The quantitative estimate of drug-likeness (QED) is 0.518. The summed E-state index contributed by atoms with van der Waals surface area (Å²) in [5, 5.41) is 0. The van der Waals surface area contributed by atoms with Crippen molar-refractivity contribution in [1.29, 1.82) is 0 Å². The summed E-state index contributed by atoms with van der Waals surface area (Å²) in [7, 11) is 0. The maximum atomic E-state index is 12.5. The van der Waals surface area contributed by atoms with Crippen molar-refractivity contribution in [3.8, 4) is 0 Å². The van der Waals surface area contributed by atoms with E-state index in [0.717, 1.165) is 18.4 Å². The molecule has 136 valence electrons. The van der Waals surface area contributed by atoms with Gasteiger partial charge in [0.15, 0.2) is 0 Å². The number of carbonyl (C=O) groups excluding carboxylic acids is 1. The van der Waals surface area contributed by atoms with Crippen molar-refractivity contribution in [2.45, 2.75) is 71.8 Å². The molecule has 3 unspecified atom stereocenters. The van der Waals surface area contributed by atoms with E-state index < -0.39 is 5.60 Å². The molecule has 0 saturated carbocycles. The van der Waals surface area contributed by atoms with Gasteiger partial charge >= 0.3 is 5.97 Å². The van der Waals surface area contributed by atoms with Gasteiger partial charge in [0.2, 0.25) is 0 Å². The minimum atomic E-state index is -0.406. The molecule has 2 aliphatic carbocycles. The molecule has 0 spiro atoms. The normalized spacial score (nSPS) is 27.0. The van der Waals surface area contributed by atoms with Crippen molar-refractivity contribution < 1.29 is 9.53 Å². The summed E-state index contributed by atoms with van der Waals surface area (Å²) >= 11 is 0. The maximum Gasteiger partial charge on any atom is 0.310 e. The molecule has 0 amide bonds. The Bertz CT molecular complexity index is 641. The highest BCUT2D eigenvalue weighted by Gasteiger charge is 2.38. The first kappa shape index (κ1) is 18.2. The van der Waals surface area contributed by atoms with Crippen LogP contribution < -0.4 is 0 Å². The van der Waals surface area contributed by atoms with Crippen LogP contribution in [0.4, 0.5) is 0 Å². The van der Waals surface area contributed by atoms with E-state index in [2.05, 4.69) is 27.7 Å². The van der Waals surface area contributed by atoms with Gasteiger partial charge in [0.1, 0.15) is 5.60 Å². The number of esters is 1. The van der Waals surface area contributed by atoms with Crippen LogP contribution >= 0.6 is 0 Å². The van der Waals surface area contributed by atoms with Crippen LogP contribution in [-0.2, 0) is 16.0 Å². The zero-order valence-electron chi connectivity index (χ0n) is 16.2. The molecule has 1 aromatic rings. The average Bonchev–Trinajstić information content (AvgIpc) is 2.82. The Morgan fingerprint density at radius 3 is 2.44 bits per heavy atom. The first-order chi connectivity index (χ1) is 11.9. The summed E-state index contributed by atoms with van der Waals surface area (Å²) < 4.78 is 5.99. The van der Waals surface area contributed by atoms with E-state index in [1.807, 2.05) is 30.3 Å². The highest BCUT2D eigenvalue weighted by Crippen LogP contribution is 2.46. The van der Waals surface area contributed by atoms with Crippen molar-refractivity contribution in [2.75, 3.05) is 0 Å². The molecule has 0 radical (unpaired) electrons. The number of carbonyl (C=O) groups is 1. The highest BCUT2D eigenvalue weighted by atomic mass is 16.6. The minimum absolute atomic E-state index is 0.109. The van der Waals surface area contributed by atoms with Crippen molar-refractivity contribution in [1.82, 2.24) is 0 Å². The Hall–Kier alpha value is -1.57. The van der Waals surface area contributed by atoms with Crippen LogP contribution in [0.2, 0.25) is 0 Å². The summed E-state index contributed by atoms with van der Waals surface area (Å²) in [6, 6.07) is 9.88. The third kappa shape index (κ3) is 4.16. The van der Waals surface area contributed by atoms with Gasteiger partial charge in [-0.1, -0.05) is 55.3 Å². The molecule has 0 heterocycles. The van der Waals surface area contributed by atoms with Gasteiger partial charge in [-0.15, -0.1) is 0 Å². The maximum absolute atomic E-state index is 12.5. The average molecular weight is 341 g/mol. The van der Waals surface area contributed by atoms with Crippen molar-refractivity contribution in [2.24, 2.45) is 17.8 Å². The molecule has 0 N–H and O–H groups in total. The molecular weight excluding hydrogens is 308 g/mol. The smallest absolute Gasteiger partial charge is 0.310 e. The van der Waals surface area contributed by atoms with Crippen molar-refractivity contribution in [3.63, 3.8) is 0 Å². The first-order valence-corrected chi connectivity index (χ1v) is 9.84. The summed E-state index contributed by atoms with van der Waals surface area (Å²) in [6.45, 7) is 8.96. The largest absolute Gasteiger partial charge is 0.459 e. The van der Waals surface area contributed by atoms with Gasteiger partial charge in [0.05, 0.1) is 6.42 Å². The number of hydrogen-bond acceptors (Lipinski definition) is 2. The van der Waals surface area contributed by atoms with Gasteiger partial charge in [-0.3, -0.25) is 4.79 Å². The molecule has 3 rings (SSSR count). The van der Waals surface area contributed by atoms with Crippen molar-refractivity contribution >= 4 is 5.97 Å². The lowest BCUT2D eigenvalue weighted by Gasteiger charge is -2.34. The van der Waals surface area contributed by atoms with Crippen LogP contribution in [0.3, 0.4) is 0 Å². The number of allylic oxidation sites excluding steroid dienone is 2. The zero-order valence-corrected chi connectivity index (χ0v) is 16.2. The van der Waals surface area contributed by atoms with Crippen LogP contribution in [0.5, 0.6) is 0 Å². The van der Waals surface area contributed by atoms with E-state index in [4.69, 9.17) is 4.74 Å². The molecule has 3 atom stereocenters. The fraction of sp³-hybridized carbons (Fsp3) is 0.609. The molecule has 0 fully saturated rings. The first-order valence-electron chi connectivity index (χ1n) is 9.84. The lowest BCUT2D eigenvalue weighted by Crippen LogP contribution is -2.37. The number of ether oxygens (including phenoxy) is 1. The molecule has 25 heavy (non-hydrogen) atoms. The van der Waals surface area contributed by atoms with Crippen LogP contribution in [0.1, 0.15) is 65.4 Å². The van der Waals surface area contributed by atoms with E-state index >= 15 is 0 Å². The zero-order chi connectivity index (χ0) is 18.0. The molecule has 2 heteroatoms. The van der Waals surface area contributed by atoms with E-state index in [1.54, 1.807) is 11.1 Å². The Morgan fingerprint density at radius 2 is 1.72 bits per heavy atom. The van der Waals surface area contributed by atoms with Gasteiger partial charge in [0, 0.05) is 5.92 Å². The van der Waals surface area contributed by atoms with Crippen LogP contribution in [0.25, 0.3) is 0 Å². The van der Waals surface area contributed by atoms with Gasteiger partial charge in [-0.05, 0) is 63.4 Å². The monoisotopic (exact) mass is 340 g/mol. The van der Waals surface area contributed by atoms with Crippen molar-refractivity contribution in [3.05, 3.63) is 47.0 Å². The predicted molar refractivity (Wildman–Crippen MR) is 102 cm³/mol. The van der Waals surface area contributed by atoms with Gasteiger partial charge in [-0.25, -0.2) is 0 Å². The number of benzene rings is 1. The van der Waals surface area contributed by atoms with E-state index in [9.17, 15) is 4.79 Å². The molecule has 0 saturated heterocycles. The predicted octanol–water partition coefficient (Wildman–Crippen LogP) is 5.71. The molecular formula is C23H32O2. The minimum Gasteiger partial charge on any atom is -0.459 e. The van der Waals surface area contributed by atoms with E-state index in [0.29, 0.717) is 24.2 Å². The van der Waals surface area contributed by atoms with Gasteiger partial charge in [-0.2, -0.15) is 0 Å². The number of rotatable bonds is 4. The fourth-order valence-electron chi connectivity index (χ4n) is 4.68. The standard InChI is InChI=1S/C23H32O2/c1-16-10-12-19(15-21-17(2)11-13-20(16)21)23(3,4)25-22(24)14-18-8-6-5-7-9-18/h5-9,16-17,19H,10-15H2,1-4H3. The molecule has 1 aromatic carbocycles. The lowest BCUT2D eigenvalue weighted by atomic mass is 9.81. The second-order valence-corrected chi connectivity index (χ2v) is 8.61. The SMILES string of the molecule is CC1CCC(C(C)(C)OC(=O)Cc2ccccc2)CC2=C1CCC2C. The van der Waals surface area contributed by atoms with E-state index in [1.165, 1.54) is 19.3 Å². The molecule has 0 aliphatic heterocycles. The van der Waals surface area contributed by atoms with Crippen LogP contribution in [0, 0.1) is 17.8 Å². The second-order valence-electron chi connectivity index (χ2n) is 8.61. The Morgan fingerprint density at radius 1 is 1.04 bits per heavy atom. The summed E-state index contributed by atoms with van der Waals surface area (Å²) in [5.74, 6) is 1.71. The van der Waals surface area contributed by atoms with Gasteiger partial charge in [0.25, 0.3) is 0 Å². The fourth-order valence-corrected chi connectivity index (χ4v) is 4.68. The Kier molecular flexibility index (Phi) is 5.36. The summed E-state index contributed by atoms with van der Waals surface area (Å²) in [4.78, 5) is 12.5. The van der Waals surface area contributed by atoms with E-state index in [-0.39, 0.29) is 5.97 Å². The molecule has 0 aromatic heterocycles. The summed E-state index contributed by atoms with van der Waals surface area (Å²) in [6.07, 6.45) is 6.40. The third-order valence-corrected chi connectivity index (χ3v) is 6.41. The molecule has 2 nitrogen and oxygen atoms in total. The molecule has 0 bridgehead atoms. The Labute approximate surface area is 152 Å². The van der Waals surface area contributed by atoms with Crippen LogP contribution in [0.15, 0.2) is 41.5 Å². The second kappa shape index (κ2) is 7.35. The lowest BCUT2D eigenvalue weighted by molar-refractivity contribution is -0.161. The topological polar surface area (TPSA) is 26.3 Å². The highest BCUT2D eigenvalue weighted by molar-refractivity contribution is 5.73. The summed E-state index contributed by atoms with van der Waals surface area (Å²) in [5.41, 5.74) is 3.99. The third-order valence-electron chi connectivity index (χ3n) is 6.41. The molecule has 2 aliphatic rings. The van der Waals surface area contributed by atoms with Crippen LogP contribution in [-0.4, -0.2) is 11.6 Å². The van der Waals surface area contributed by atoms with Gasteiger partial charge < -0.3 is 4.74 Å².